The van der Waals surface area contributed by atoms with Crippen LogP contribution in [0.25, 0.3) is 0 Å². The first kappa shape index (κ1) is 9.93. The summed E-state index contributed by atoms with van der Waals surface area (Å²) in [7, 11) is 0. The van der Waals surface area contributed by atoms with E-state index in [-0.39, 0.29) is 0 Å². The summed E-state index contributed by atoms with van der Waals surface area (Å²) in [5.74, 6) is 0. The van der Waals surface area contributed by atoms with Crippen LogP contribution in [-0.2, 0) is 0 Å². The van der Waals surface area contributed by atoms with Gasteiger partial charge in [0.2, 0.25) is 0 Å². The van der Waals surface area contributed by atoms with Crippen molar-refractivity contribution in [2.75, 3.05) is 6.54 Å². The molecule has 1 N–H and O–H groups in total. The molecule has 0 saturated heterocycles. The maximum absolute atomic E-state index is 4.27. The lowest BCUT2D eigenvalue weighted by molar-refractivity contribution is 0.601. The molecule has 1 aromatic heterocycles. The van der Waals surface area contributed by atoms with Crippen LogP contribution in [0.5, 0.6) is 0 Å². The molecular weight excluding hydrogens is 160 g/mol. The van der Waals surface area contributed by atoms with Gasteiger partial charge >= 0.3 is 0 Å². The Bertz CT molecular complexity index is 254. The molecule has 2 heteroatoms. The fourth-order valence-corrected chi connectivity index (χ4v) is 1.10. The first-order valence-corrected chi connectivity index (χ1v) is 4.60. The van der Waals surface area contributed by atoms with Gasteiger partial charge in [-0.25, -0.2) is 0 Å². The predicted octanol–water partition coefficient (Wildman–Crippen LogP) is 2.31. The van der Waals surface area contributed by atoms with E-state index in [9.17, 15) is 0 Å². The first-order chi connectivity index (χ1) is 6.34. The standard InChI is InChI=1S/C11H16N2/c1-3-4-8-12-10(2)11-7-5-6-9-13-11/h3-7,9-10,12H,8H2,1-2H3/b4-3+/t10-/m0/s1. The minimum absolute atomic E-state index is 0.317. The number of hydrogen-bond acceptors (Lipinski definition) is 2. The van der Waals surface area contributed by atoms with E-state index in [1.165, 1.54) is 0 Å². The Labute approximate surface area is 79.7 Å². The molecule has 0 aliphatic carbocycles. The number of hydrogen-bond donors (Lipinski definition) is 1. The van der Waals surface area contributed by atoms with E-state index in [0.717, 1.165) is 12.2 Å². The molecule has 0 bridgehead atoms. The molecule has 70 valence electrons. The lowest BCUT2D eigenvalue weighted by atomic mass is 10.2. The summed E-state index contributed by atoms with van der Waals surface area (Å²) in [6.45, 7) is 5.03. The Kier molecular flexibility index (Phi) is 4.19. The fourth-order valence-electron chi connectivity index (χ4n) is 1.10. The molecular formula is C11H16N2. The molecule has 0 radical (unpaired) electrons. The van der Waals surface area contributed by atoms with Crippen LogP contribution >= 0.6 is 0 Å². The first-order valence-electron chi connectivity index (χ1n) is 4.60. The highest BCUT2D eigenvalue weighted by Crippen LogP contribution is 2.06. The Balaban J connectivity index is 2.44. The maximum Gasteiger partial charge on any atom is 0.0570 e. The van der Waals surface area contributed by atoms with Crippen LogP contribution in [0.1, 0.15) is 25.6 Å². The number of nitrogens with zero attached hydrogens (tertiary/aromatic N) is 1. The van der Waals surface area contributed by atoms with Crippen LogP contribution in [-0.4, -0.2) is 11.5 Å². The number of aromatic nitrogens is 1. The van der Waals surface area contributed by atoms with E-state index in [2.05, 4.69) is 23.3 Å². The second-order valence-electron chi connectivity index (χ2n) is 2.95. The highest BCUT2D eigenvalue weighted by molar-refractivity contribution is 5.07. The van der Waals surface area contributed by atoms with Crippen molar-refractivity contribution < 1.29 is 0 Å². The molecule has 0 aliphatic heterocycles. The van der Waals surface area contributed by atoms with Gasteiger partial charge in [0.15, 0.2) is 0 Å². The van der Waals surface area contributed by atoms with Gasteiger partial charge in [0.25, 0.3) is 0 Å². The van der Waals surface area contributed by atoms with Gasteiger partial charge in [0.05, 0.1) is 5.69 Å². The average molecular weight is 176 g/mol. The molecule has 0 unspecified atom stereocenters. The van der Waals surface area contributed by atoms with Crippen LogP contribution in [0.15, 0.2) is 36.5 Å². The van der Waals surface area contributed by atoms with Crippen molar-refractivity contribution in [2.24, 2.45) is 0 Å². The van der Waals surface area contributed by atoms with Crippen LogP contribution in [0.4, 0.5) is 0 Å². The number of nitrogens with one attached hydrogen (secondary N) is 1. The van der Waals surface area contributed by atoms with E-state index in [1.807, 2.05) is 37.4 Å². The van der Waals surface area contributed by atoms with E-state index < -0.39 is 0 Å². The molecule has 13 heavy (non-hydrogen) atoms. The molecule has 0 fully saturated rings. The Morgan fingerprint density at radius 1 is 1.54 bits per heavy atom. The highest BCUT2D eigenvalue weighted by atomic mass is 14.9. The lowest BCUT2D eigenvalue weighted by Crippen LogP contribution is -2.19. The van der Waals surface area contributed by atoms with Crippen molar-refractivity contribution in [2.45, 2.75) is 19.9 Å². The molecule has 0 saturated carbocycles. The van der Waals surface area contributed by atoms with E-state index >= 15 is 0 Å². The zero-order valence-electron chi connectivity index (χ0n) is 8.20. The molecule has 1 rings (SSSR count). The third-order valence-electron chi connectivity index (χ3n) is 1.91. The molecule has 0 aliphatic rings. The molecule has 2 nitrogen and oxygen atoms in total. The van der Waals surface area contributed by atoms with Gasteiger partial charge in [-0.2, -0.15) is 0 Å². The van der Waals surface area contributed by atoms with Crippen molar-refractivity contribution in [3.05, 3.63) is 42.2 Å². The predicted molar refractivity (Wildman–Crippen MR) is 55.5 cm³/mol. The summed E-state index contributed by atoms with van der Waals surface area (Å²) in [6.07, 6.45) is 5.96. The van der Waals surface area contributed by atoms with E-state index in [1.54, 1.807) is 0 Å². The third kappa shape index (κ3) is 3.38. The SMILES string of the molecule is C/C=C/CN[C@@H](C)c1ccccn1. The van der Waals surface area contributed by atoms with Crippen molar-refractivity contribution >= 4 is 0 Å². The quantitative estimate of drug-likeness (QED) is 0.712. The van der Waals surface area contributed by atoms with Gasteiger partial charge in [-0.05, 0) is 26.0 Å². The van der Waals surface area contributed by atoms with E-state index in [0.29, 0.717) is 6.04 Å². The molecule has 1 heterocycles. The maximum atomic E-state index is 4.27. The minimum Gasteiger partial charge on any atom is -0.305 e. The average Bonchev–Trinajstić information content (AvgIpc) is 2.19. The fraction of sp³-hybridized carbons (Fsp3) is 0.364. The van der Waals surface area contributed by atoms with Crippen molar-refractivity contribution in [1.82, 2.24) is 10.3 Å². The van der Waals surface area contributed by atoms with Crippen molar-refractivity contribution in [3.63, 3.8) is 0 Å². The van der Waals surface area contributed by atoms with Crippen molar-refractivity contribution in [3.8, 4) is 0 Å². The highest BCUT2D eigenvalue weighted by Gasteiger charge is 2.02. The van der Waals surface area contributed by atoms with Gasteiger partial charge in [-0.1, -0.05) is 18.2 Å². The smallest absolute Gasteiger partial charge is 0.0570 e. The van der Waals surface area contributed by atoms with Crippen LogP contribution < -0.4 is 5.32 Å². The molecule has 1 atom stereocenters. The van der Waals surface area contributed by atoms with Gasteiger partial charge in [-0.15, -0.1) is 0 Å². The summed E-state index contributed by atoms with van der Waals surface area (Å²) in [4.78, 5) is 4.27. The van der Waals surface area contributed by atoms with Crippen LogP contribution in [0, 0.1) is 0 Å². The van der Waals surface area contributed by atoms with Gasteiger partial charge < -0.3 is 5.32 Å². The van der Waals surface area contributed by atoms with Gasteiger partial charge in [-0.3, -0.25) is 4.98 Å². The number of allylic oxidation sites excluding steroid dienone is 1. The number of pyridine rings is 1. The Hall–Kier alpha value is -1.15. The number of rotatable bonds is 4. The van der Waals surface area contributed by atoms with Gasteiger partial charge in [0, 0.05) is 18.8 Å². The molecule has 0 spiro atoms. The largest absolute Gasteiger partial charge is 0.305 e. The summed E-state index contributed by atoms with van der Waals surface area (Å²) in [6, 6.07) is 6.29. The van der Waals surface area contributed by atoms with Crippen molar-refractivity contribution in [1.29, 1.82) is 0 Å². The zero-order valence-corrected chi connectivity index (χ0v) is 8.20. The summed E-state index contributed by atoms with van der Waals surface area (Å²) in [5.41, 5.74) is 1.09. The Morgan fingerprint density at radius 3 is 3.00 bits per heavy atom. The van der Waals surface area contributed by atoms with Gasteiger partial charge in [0.1, 0.15) is 0 Å². The Morgan fingerprint density at radius 2 is 2.38 bits per heavy atom. The normalized spacial score (nSPS) is 13.4. The minimum atomic E-state index is 0.317. The summed E-state index contributed by atoms with van der Waals surface area (Å²) < 4.78 is 0. The monoisotopic (exact) mass is 176 g/mol. The second-order valence-corrected chi connectivity index (χ2v) is 2.95. The van der Waals surface area contributed by atoms with Crippen LogP contribution in [0.3, 0.4) is 0 Å². The second kappa shape index (κ2) is 5.49. The lowest BCUT2D eigenvalue weighted by Gasteiger charge is -2.10. The van der Waals surface area contributed by atoms with E-state index in [4.69, 9.17) is 0 Å². The third-order valence-corrected chi connectivity index (χ3v) is 1.91. The molecule has 0 aromatic carbocycles. The topological polar surface area (TPSA) is 24.9 Å². The molecule has 0 amide bonds. The zero-order chi connectivity index (χ0) is 9.52. The van der Waals surface area contributed by atoms with Crippen LogP contribution in [0.2, 0.25) is 0 Å². The summed E-state index contributed by atoms with van der Waals surface area (Å²) in [5, 5.41) is 3.35. The summed E-state index contributed by atoms with van der Waals surface area (Å²) >= 11 is 0. The molecule has 1 aromatic rings.